The van der Waals surface area contributed by atoms with Crippen molar-refractivity contribution in [3.63, 3.8) is 0 Å². The Kier molecular flexibility index (Phi) is 8.09. The zero-order valence-corrected chi connectivity index (χ0v) is 17.6. The van der Waals surface area contributed by atoms with Crippen LogP contribution in [0.25, 0.3) is 6.08 Å². The lowest BCUT2D eigenvalue weighted by Gasteiger charge is -2.16. The van der Waals surface area contributed by atoms with Crippen molar-refractivity contribution in [3.05, 3.63) is 64.2 Å². The molecule has 0 fully saturated rings. The van der Waals surface area contributed by atoms with E-state index in [2.05, 4.69) is 5.32 Å². The summed E-state index contributed by atoms with van der Waals surface area (Å²) in [7, 11) is 2.98. The van der Waals surface area contributed by atoms with Crippen LogP contribution in [-0.2, 0) is 14.3 Å². The number of esters is 1. The van der Waals surface area contributed by atoms with Gasteiger partial charge in [0.2, 0.25) is 0 Å². The van der Waals surface area contributed by atoms with E-state index >= 15 is 0 Å². The Morgan fingerprint density at radius 1 is 1.17 bits per heavy atom. The average Bonchev–Trinajstić information content (AvgIpc) is 2.70. The molecule has 1 amide bonds. The highest BCUT2D eigenvalue weighted by atomic mass is 35.5. The molecule has 6 nitrogen and oxygen atoms in total. The van der Waals surface area contributed by atoms with E-state index in [1.165, 1.54) is 26.4 Å². The molecule has 0 aliphatic carbocycles. The molecular formula is C22H24ClNO5. The number of hydrogen-bond acceptors (Lipinski definition) is 5. The van der Waals surface area contributed by atoms with Crippen LogP contribution in [0.3, 0.4) is 0 Å². The van der Waals surface area contributed by atoms with Crippen molar-refractivity contribution >= 4 is 29.6 Å². The van der Waals surface area contributed by atoms with Crippen LogP contribution < -0.4 is 14.8 Å². The lowest BCUT2D eigenvalue weighted by molar-refractivity contribution is -0.144. The molecular weight excluding hydrogens is 394 g/mol. The molecule has 29 heavy (non-hydrogen) atoms. The molecule has 0 radical (unpaired) electrons. The molecule has 1 atom stereocenters. The van der Waals surface area contributed by atoms with Gasteiger partial charge in [0.15, 0.2) is 18.1 Å². The number of hydrogen-bond donors (Lipinski definition) is 1. The van der Waals surface area contributed by atoms with Gasteiger partial charge in [-0.3, -0.25) is 4.79 Å². The van der Waals surface area contributed by atoms with E-state index in [0.717, 1.165) is 11.1 Å². The molecule has 0 aromatic heterocycles. The number of methoxy groups -OCH3 is 2. The fourth-order valence-electron chi connectivity index (χ4n) is 2.82. The summed E-state index contributed by atoms with van der Waals surface area (Å²) < 4.78 is 15.4. The summed E-state index contributed by atoms with van der Waals surface area (Å²) in [4.78, 5) is 24.0. The van der Waals surface area contributed by atoms with Gasteiger partial charge in [-0.1, -0.05) is 35.9 Å². The second-order valence-corrected chi connectivity index (χ2v) is 6.73. The first kappa shape index (κ1) is 22.3. The van der Waals surface area contributed by atoms with E-state index < -0.39 is 5.97 Å². The maximum Gasteiger partial charge on any atom is 0.331 e. The predicted octanol–water partition coefficient (Wildman–Crippen LogP) is 4.10. The third kappa shape index (κ3) is 6.26. The number of ether oxygens (including phenoxy) is 3. The molecule has 0 heterocycles. The normalized spacial score (nSPS) is 11.8. The van der Waals surface area contributed by atoms with Gasteiger partial charge in [-0.05, 0) is 48.7 Å². The Balaban J connectivity index is 1.90. The first-order valence-electron chi connectivity index (χ1n) is 8.97. The zero-order chi connectivity index (χ0) is 21.4. The van der Waals surface area contributed by atoms with E-state index in [0.29, 0.717) is 22.1 Å². The van der Waals surface area contributed by atoms with E-state index in [9.17, 15) is 9.59 Å². The molecule has 0 bridgehead atoms. The summed E-state index contributed by atoms with van der Waals surface area (Å²) in [6.45, 7) is 3.48. The smallest absolute Gasteiger partial charge is 0.331 e. The zero-order valence-electron chi connectivity index (χ0n) is 16.8. The molecule has 2 aromatic carbocycles. The third-order valence-electron chi connectivity index (χ3n) is 4.25. The third-order valence-corrected chi connectivity index (χ3v) is 4.53. The number of nitrogens with one attached hydrogen (secondary N) is 1. The van der Waals surface area contributed by atoms with Gasteiger partial charge >= 0.3 is 5.97 Å². The van der Waals surface area contributed by atoms with Gasteiger partial charge in [-0.25, -0.2) is 4.79 Å². The topological polar surface area (TPSA) is 73.9 Å². The van der Waals surface area contributed by atoms with E-state index in [4.69, 9.17) is 25.8 Å². The molecule has 154 valence electrons. The van der Waals surface area contributed by atoms with Crippen LogP contribution in [0, 0.1) is 6.92 Å². The predicted molar refractivity (Wildman–Crippen MR) is 112 cm³/mol. The van der Waals surface area contributed by atoms with Gasteiger partial charge in [-0.2, -0.15) is 0 Å². The van der Waals surface area contributed by atoms with Gasteiger partial charge < -0.3 is 19.5 Å². The largest absolute Gasteiger partial charge is 0.493 e. The molecule has 2 aromatic rings. The summed E-state index contributed by atoms with van der Waals surface area (Å²) in [6, 6.07) is 10.9. The highest BCUT2D eigenvalue weighted by molar-refractivity contribution is 6.32. The maximum absolute atomic E-state index is 12.1. The van der Waals surface area contributed by atoms with Gasteiger partial charge in [0.1, 0.15) is 0 Å². The van der Waals surface area contributed by atoms with Crippen molar-refractivity contribution in [1.29, 1.82) is 0 Å². The quantitative estimate of drug-likeness (QED) is 0.517. The molecule has 2 rings (SSSR count). The molecule has 1 N–H and O–H groups in total. The maximum atomic E-state index is 12.1. The number of rotatable bonds is 8. The second-order valence-electron chi connectivity index (χ2n) is 6.33. The lowest BCUT2D eigenvalue weighted by Crippen LogP contribution is -2.31. The van der Waals surface area contributed by atoms with Crippen molar-refractivity contribution in [3.8, 4) is 11.5 Å². The minimum Gasteiger partial charge on any atom is -0.493 e. The van der Waals surface area contributed by atoms with Crippen LogP contribution in [-0.4, -0.2) is 32.7 Å². The SMILES string of the molecule is COc1cc(/C=C/C(=O)OCC(=O)N[C@H](C)c2ccccc2C)cc(Cl)c1OC. The minimum atomic E-state index is -0.644. The highest BCUT2D eigenvalue weighted by Crippen LogP contribution is 2.36. The Bertz CT molecular complexity index is 910. The van der Waals surface area contributed by atoms with Crippen LogP contribution in [0.2, 0.25) is 5.02 Å². The van der Waals surface area contributed by atoms with Crippen LogP contribution in [0.4, 0.5) is 0 Å². The molecule has 0 spiro atoms. The molecule has 7 heteroatoms. The van der Waals surface area contributed by atoms with Crippen molar-refractivity contribution in [1.82, 2.24) is 5.32 Å². The summed E-state index contributed by atoms with van der Waals surface area (Å²) in [5, 5.41) is 3.16. The minimum absolute atomic E-state index is 0.188. The molecule has 0 saturated heterocycles. The fraction of sp³-hybridized carbons (Fsp3) is 0.273. The molecule has 0 unspecified atom stereocenters. The van der Waals surface area contributed by atoms with Crippen molar-refractivity contribution < 1.29 is 23.8 Å². The summed E-state index contributed by atoms with van der Waals surface area (Å²) in [6.07, 6.45) is 2.74. The van der Waals surface area contributed by atoms with Gasteiger partial charge in [0.25, 0.3) is 5.91 Å². The lowest BCUT2D eigenvalue weighted by atomic mass is 10.0. The van der Waals surface area contributed by atoms with Crippen molar-refractivity contribution in [2.24, 2.45) is 0 Å². The standard InChI is InChI=1S/C22H24ClNO5/c1-14-7-5-6-8-17(14)15(2)24-20(25)13-29-21(26)10-9-16-11-18(23)22(28-4)19(12-16)27-3/h5-12,15H,13H2,1-4H3,(H,24,25)/b10-9+/t15-/m1/s1. The Morgan fingerprint density at radius 2 is 1.90 bits per heavy atom. The first-order chi connectivity index (χ1) is 13.8. The number of aryl methyl sites for hydroxylation is 1. The Hall–Kier alpha value is -2.99. The summed E-state index contributed by atoms with van der Waals surface area (Å²) in [5.41, 5.74) is 2.72. The Labute approximate surface area is 175 Å². The van der Waals surface area contributed by atoms with E-state index in [-0.39, 0.29) is 18.6 Å². The molecule has 0 aliphatic rings. The summed E-state index contributed by atoms with van der Waals surface area (Å²) >= 11 is 6.13. The number of amides is 1. The second kappa shape index (κ2) is 10.5. The van der Waals surface area contributed by atoms with Crippen molar-refractivity contribution in [2.45, 2.75) is 19.9 Å². The highest BCUT2D eigenvalue weighted by Gasteiger charge is 2.13. The van der Waals surface area contributed by atoms with Crippen molar-refractivity contribution in [2.75, 3.05) is 20.8 Å². The number of carbonyl (C=O) groups excluding carboxylic acids is 2. The van der Waals surface area contributed by atoms with Crippen LogP contribution in [0.15, 0.2) is 42.5 Å². The van der Waals surface area contributed by atoms with Gasteiger partial charge in [0, 0.05) is 6.08 Å². The van der Waals surface area contributed by atoms with E-state index in [1.807, 2.05) is 38.1 Å². The summed E-state index contributed by atoms with van der Waals surface area (Å²) in [5.74, 6) is -0.169. The number of benzene rings is 2. The number of halogens is 1. The molecule has 0 saturated carbocycles. The van der Waals surface area contributed by atoms with Crippen LogP contribution >= 0.6 is 11.6 Å². The van der Waals surface area contributed by atoms with Crippen LogP contribution in [0.5, 0.6) is 11.5 Å². The Morgan fingerprint density at radius 3 is 2.55 bits per heavy atom. The monoisotopic (exact) mass is 417 g/mol. The first-order valence-corrected chi connectivity index (χ1v) is 9.34. The molecule has 0 aliphatic heterocycles. The van der Waals surface area contributed by atoms with Gasteiger partial charge in [0.05, 0.1) is 25.3 Å². The number of carbonyl (C=O) groups is 2. The van der Waals surface area contributed by atoms with Crippen LogP contribution in [0.1, 0.15) is 29.7 Å². The fourth-order valence-corrected chi connectivity index (χ4v) is 3.11. The average molecular weight is 418 g/mol. The van der Waals surface area contributed by atoms with E-state index in [1.54, 1.807) is 12.1 Å². The van der Waals surface area contributed by atoms with Gasteiger partial charge in [-0.15, -0.1) is 0 Å².